The van der Waals surface area contributed by atoms with Gasteiger partial charge in [0.1, 0.15) is 0 Å². The Balaban J connectivity index is 1.04. The van der Waals surface area contributed by atoms with Crippen molar-refractivity contribution in [3.8, 4) is 11.4 Å². The van der Waals surface area contributed by atoms with E-state index in [-0.39, 0.29) is 0 Å². The molecule has 70 heavy (non-hydrogen) atoms. The third-order valence-corrected chi connectivity index (χ3v) is 19.6. The number of rotatable bonds is 10. The summed E-state index contributed by atoms with van der Waals surface area (Å²) in [5, 5.41) is 10.4. The molecule has 0 aliphatic heterocycles. The molecule has 330 valence electrons. The molecule has 0 unspecified atom stereocenters. The summed E-state index contributed by atoms with van der Waals surface area (Å²) in [6.45, 7) is 0. The fourth-order valence-electron chi connectivity index (χ4n) is 11.9. The van der Waals surface area contributed by atoms with Crippen LogP contribution in [0.15, 0.2) is 291 Å². The average molecular weight is 909 g/mol. The molecule has 2 aromatic heterocycles. The molecule has 13 rings (SSSR count). The predicted octanol–water partition coefficient (Wildman–Crippen LogP) is 13.6. The van der Waals surface area contributed by atoms with E-state index < -0.39 is 13.5 Å². The minimum absolute atomic E-state index is 0.566. The van der Waals surface area contributed by atoms with E-state index in [4.69, 9.17) is 0 Å². The molecule has 0 saturated carbocycles. The molecule has 0 fully saturated rings. The van der Waals surface area contributed by atoms with Crippen molar-refractivity contribution in [2.45, 2.75) is 5.41 Å². The molecule has 0 aliphatic rings. The van der Waals surface area contributed by atoms with Crippen molar-refractivity contribution >= 4 is 72.4 Å². The SMILES string of the molecule is c1ccc(C(c2ccccc2)(c2ccccc2)c2cccc(-n3c4ccccc4c4cc(-n5c6ccccc6c6ccc([Si](c7ccccc7)(c7ccccc7)c7ccccc7)cc65)ccc43)c2)cc1. The van der Waals surface area contributed by atoms with Gasteiger partial charge in [-0.2, -0.15) is 0 Å². The number of hydrogen-bond acceptors (Lipinski definition) is 0. The summed E-state index contributed by atoms with van der Waals surface area (Å²) < 4.78 is 4.97. The molecule has 0 aliphatic carbocycles. The lowest BCUT2D eigenvalue weighted by atomic mass is 9.65. The van der Waals surface area contributed by atoms with Crippen LogP contribution in [0.5, 0.6) is 0 Å². The maximum absolute atomic E-state index is 2.80. The highest BCUT2D eigenvalue weighted by atomic mass is 28.3. The van der Waals surface area contributed by atoms with Gasteiger partial charge in [0.25, 0.3) is 0 Å². The van der Waals surface area contributed by atoms with E-state index in [1.807, 2.05) is 0 Å². The molecule has 13 aromatic rings. The van der Waals surface area contributed by atoms with Crippen LogP contribution in [0.2, 0.25) is 0 Å². The van der Waals surface area contributed by atoms with E-state index in [0.717, 1.165) is 16.9 Å². The highest BCUT2D eigenvalue weighted by molar-refractivity contribution is 7.20. The zero-order valence-electron chi connectivity index (χ0n) is 38.6. The number of hydrogen-bond donors (Lipinski definition) is 0. The Bertz CT molecular complexity index is 3780. The summed E-state index contributed by atoms with van der Waals surface area (Å²) in [7, 11) is -2.80. The van der Waals surface area contributed by atoms with Crippen molar-refractivity contribution in [3.63, 3.8) is 0 Å². The summed E-state index contributed by atoms with van der Waals surface area (Å²) in [5.74, 6) is 0. The molecule has 0 saturated heterocycles. The van der Waals surface area contributed by atoms with E-state index in [1.165, 1.54) is 81.1 Å². The second-order valence-electron chi connectivity index (χ2n) is 18.4. The van der Waals surface area contributed by atoms with Crippen molar-refractivity contribution in [1.82, 2.24) is 9.13 Å². The van der Waals surface area contributed by atoms with Crippen LogP contribution in [0, 0.1) is 0 Å². The van der Waals surface area contributed by atoms with E-state index in [0.29, 0.717) is 0 Å². The van der Waals surface area contributed by atoms with Gasteiger partial charge in [0, 0.05) is 32.9 Å². The second kappa shape index (κ2) is 17.1. The Morgan fingerprint density at radius 3 is 1.13 bits per heavy atom. The van der Waals surface area contributed by atoms with Crippen LogP contribution in [0.4, 0.5) is 0 Å². The van der Waals surface area contributed by atoms with Crippen LogP contribution < -0.4 is 20.7 Å². The first-order chi connectivity index (χ1) is 34.7. The largest absolute Gasteiger partial charge is 0.309 e. The van der Waals surface area contributed by atoms with Gasteiger partial charge in [0.2, 0.25) is 0 Å². The van der Waals surface area contributed by atoms with E-state index >= 15 is 0 Å². The summed E-state index contributed by atoms with van der Waals surface area (Å²) in [4.78, 5) is 0. The fourth-order valence-corrected chi connectivity index (χ4v) is 16.6. The second-order valence-corrected chi connectivity index (χ2v) is 22.2. The first-order valence-electron chi connectivity index (χ1n) is 24.3. The lowest BCUT2D eigenvalue weighted by molar-refractivity contribution is 0.744. The van der Waals surface area contributed by atoms with Crippen molar-refractivity contribution in [2.75, 3.05) is 0 Å². The highest BCUT2D eigenvalue weighted by Gasteiger charge is 2.42. The van der Waals surface area contributed by atoms with Crippen LogP contribution in [0.25, 0.3) is 55.0 Å². The summed E-state index contributed by atoms with van der Waals surface area (Å²) in [6, 6.07) is 108. The summed E-state index contributed by atoms with van der Waals surface area (Å²) in [6.07, 6.45) is 0. The lowest BCUT2D eigenvalue weighted by Gasteiger charge is -2.37. The van der Waals surface area contributed by atoms with E-state index in [1.54, 1.807) is 0 Å². The highest BCUT2D eigenvalue weighted by Crippen LogP contribution is 2.46. The number of fused-ring (bicyclic) bond motifs is 6. The molecule has 2 heterocycles. The minimum Gasteiger partial charge on any atom is -0.309 e. The van der Waals surface area contributed by atoms with Crippen molar-refractivity contribution in [3.05, 3.63) is 313 Å². The van der Waals surface area contributed by atoms with Crippen LogP contribution in [0.1, 0.15) is 22.3 Å². The van der Waals surface area contributed by atoms with Crippen molar-refractivity contribution in [1.29, 1.82) is 0 Å². The van der Waals surface area contributed by atoms with Gasteiger partial charge in [-0.1, -0.05) is 243 Å². The first-order valence-corrected chi connectivity index (χ1v) is 26.3. The van der Waals surface area contributed by atoms with Crippen LogP contribution in [-0.2, 0) is 5.41 Å². The number of para-hydroxylation sites is 2. The Morgan fingerprint density at radius 2 is 0.614 bits per heavy atom. The summed E-state index contributed by atoms with van der Waals surface area (Å²) in [5.41, 5.74) is 11.3. The molecule has 0 bridgehead atoms. The molecular weight excluding hydrogens is 861 g/mol. The van der Waals surface area contributed by atoms with Gasteiger partial charge in [-0.05, 0) is 91.5 Å². The lowest BCUT2D eigenvalue weighted by Crippen LogP contribution is -2.74. The van der Waals surface area contributed by atoms with Gasteiger partial charge in [-0.15, -0.1) is 0 Å². The third-order valence-electron chi connectivity index (χ3n) is 14.8. The molecule has 2 nitrogen and oxygen atoms in total. The quantitative estimate of drug-likeness (QED) is 0.0956. The monoisotopic (exact) mass is 908 g/mol. The van der Waals surface area contributed by atoms with Gasteiger partial charge in [-0.3, -0.25) is 0 Å². The molecule has 3 heteroatoms. The smallest absolute Gasteiger partial charge is 0.179 e. The normalized spacial score (nSPS) is 12.0. The number of aromatic nitrogens is 2. The first kappa shape index (κ1) is 41.4. The van der Waals surface area contributed by atoms with Gasteiger partial charge in [0.05, 0.1) is 27.5 Å². The van der Waals surface area contributed by atoms with Gasteiger partial charge in [-0.25, -0.2) is 0 Å². The predicted molar refractivity (Wildman–Crippen MR) is 297 cm³/mol. The Morgan fingerprint density at radius 1 is 0.229 bits per heavy atom. The fraction of sp³-hybridized carbons (Fsp3) is 0.0149. The molecule has 0 radical (unpaired) electrons. The van der Waals surface area contributed by atoms with Crippen molar-refractivity contribution in [2.24, 2.45) is 0 Å². The molecular formula is C67H48N2Si. The molecule has 11 aromatic carbocycles. The third kappa shape index (κ3) is 6.40. The maximum atomic E-state index is 2.52. The van der Waals surface area contributed by atoms with Crippen LogP contribution in [-0.4, -0.2) is 17.2 Å². The average Bonchev–Trinajstić information content (AvgIpc) is 3.95. The Hall–Kier alpha value is -8.76. The standard InChI is InChI=1S/C67H48N2Si/c1-7-24-49(25-8-1)67(50-26-9-2-10-27-50,51-28-11-3-12-29-51)52-30-23-31-53(46-52)68-64-41-22-20-39-60(64)62-47-54(42-45-65(62)68)69-63-40-21-19-38-59(63)61-44-43-58(48-66(61)69)70(55-32-13-4-14-33-55,56-34-15-5-16-35-56)57-36-17-6-18-37-57/h1-48H. The molecule has 0 N–H and O–H groups in total. The van der Waals surface area contributed by atoms with E-state index in [9.17, 15) is 0 Å². The zero-order chi connectivity index (χ0) is 46.5. The van der Waals surface area contributed by atoms with Crippen LogP contribution in [0.3, 0.4) is 0 Å². The number of nitrogens with zero attached hydrogens (tertiary/aromatic N) is 2. The van der Waals surface area contributed by atoms with Gasteiger partial charge < -0.3 is 9.13 Å². The Kier molecular flexibility index (Phi) is 10.1. The van der Waals surface area contributed by atoms with E-state index in [2.05, 4.69) is 300 Å². The minimum atomic E-state index is -2.80. The van der Waals surface area contributed by atoms with Gasteiger partial charge in [0.15, 0.2) is 8.07 Å². The van der Waals surface area contributed by atoms with Crippen LogP contribution >= 0.6 is 0 Å². The summed E-state index contributed by atoms with van der Waals surface area (Å²) >= 11 is 0. The molecule has 0 spiro atoms. The maximum Gasteiger partial charge on any atom is 0.179 e. The Labute approximate surface area is 409 Å². The molecule has 0 amide bonds. The molecule has 0 atom stereocenters. The topological polar surface area (TPSA) is 9.86 Å². The van der Waals surface area contributed by atoms with Gasteiger partial charge >= 0.3 is 0 Å². The number of benzene rings is 11. The zero-order valence-corrected chi connectivity index (χ0v) is 39.6. The van der Waals surface area contributed by atoms with Crippen molar-refractivity contribution < 1.29 is 0 Å².